The molecule has 0 heterocycles. The van der Waals surface area contributed by atoms with Gasteiger partial charge in [0.05, 0.1) is 5.41 Å². The van der Waals surface area contributed by atoms with E-state index in [9.17, 15) is 4.79 Å². The van der Waals surface area contributed by atoms with Crippen molar-refractivity contribution in [2.75, 3.05) is 0 Å². The van der Waals surface area contributed by atoms with Gasteiger partial charge < -0.3 is 4.74 Å². The van der Waals surface area contributed by atoms with Crippen molar-refractivity contribution in [3.63, 3.8) is 0 Å². The highest BCUT2D eigenvalue weighted by molar-refractivity contribution is 5.76. The van der Waals surface area contributed by atoms with Crippen molar-refractivity contribution in [1.29, 1.82) is 0 Å². The highest BCUT2D eigenvalue weighted by atomic mass is 16.5. The van der Waals surface area contributed by atoms with E-state index in [-0.39, 0.29) is 17.5 Å². The van der Waals surface area contributed by atoms with Gasteiger partial charge in [0.15, 0.2) is 0 Å². The maximum Gasteiger partial charge on any atom is 0.311 e. The fourth-order valence-corrected chi connectivity index (χ4v) is 3.64. The number of fused-ring (bicyclic) bond motifs is 1. The number of esters is 1. The second kappa shape index (κ2) is 6.28. The predicted octanol–water partition coefficient (Wildman–Crippen LogP) is 4.71. The molecule has 2 aliphatic rings. The highest BCUT2D eigenvalue weighted by Crippen LogP contribution is 2.41. The molecule has 19 heavy (non-hydrogen) atoms. The van der Waals surface area contributed by atoms with Crippen LogP contribution in [-0.2, 0) is 9.53 Å². The van der Waals surface area contributed by atoms with Crippen LogP contribution < -0.4 is 0 Å². The molecule has 3 atom stereocenters. The molecule has 2 heteroatoms. The zero-order chi connectivity index (χ0) is 13.9. The van der Waals surface area contributed by atoms with Gasteiger partial charge in [-0.25, -0.2) is 0 Å². The molecule has 0 aliphatic heterocycles. The zero-order valence-corrected chi connectivity index (χ0v) is 12.9. The van der Waals surface area contributed by atoms with Gasteiger partial charge in [0.25, 0.3) is 0 Å². The summed E-state index contributed by atoms with van der Waals surface area (Å²) in [6.45, 7) is 6.08. The van der Waals surface area contributed by atoms with Crippen molar-refractivity contribution in [2.24, 2.45) is 17.3 Å². The molecule has 3 unspecified atom stereocenters. The van der Waals surface area contributed by atoms with Crippen molar-refractivity contribution < 1.29 is 9.53 Å². The average molecular weight is 266 g/mol. The lowest BCUT2D eigenvalue weighted by Gasteiger charge is -2.36. The largest absolute Gasteiger partial charge is 0.462 e. The molecular weight excluding hydrogens is 236 g/mol. The Hall–Kier alpha value is -0.530. The summed E-state index contributed by atoms with van der Waals surface area (Å²) in [4.78, 5) is 12.3. The summed E-state index contributed by atoms with van der Waals surface area (Å²) >= 11 is 0. The highest BCUT2D eigenvalue weighted by Gasteiger charge is 2.37. The minimum absolute atomic E-state index is 0.0197. The number of carbonyl (C=O) groups is 1. The molecule has 0 bridgehead atoms. The Balaban J connectivity index is 2.02. The third kappa shape index (κ3) is 3.52. The molecule has 110 valence electrons. The second-order valence-electron chi connectivity index (χ2n) is 7.17. The molecule has 0 radical (unpaired) electrons. The predicted molar refractivity (Wildman–Crippen MR) is 77.9 cm³/mol. The zero-order valence-electron chi connectivity index (χ0n) is 12.9. The Labute approximate surface area is 118 Å². The van der Waals surface area contributed by atoms with E-state index in [0.717, 1.165) is 18.8 Å². The third-order valence-corrected chi connectivity index (χ3v) is 5.45. The van der Waals surface area contributed by atoms with Gasteiger partial charge in [-0.1, -0.05) is 39.0 Å². The molecule has 2 saturated carbocycles. The van der Waals surface area contributed by atoms with E-state index < -0.39 is 0 Å². The van der Waals surface area contributed by atoms with Crippen LogP contribution in [0.2, 0.25) is 0 Å². The monoisotopic (exact) mass is 266 g/mol. The molecule has 2 aliphatic carbocycles. The summed E-state index contributed by atoms with van der Waals surface area (Å²) in [5.41, 5.74) is -0.323. The molecular formula is C17H30O2. The lowest BCUT2D eigenvalue weighted by molar-refractivity contribution is -0.164. The Bertz CT molecular complexity index is 308. The first kappa shape index (κ1) is 14.9. The van der Waals surface area contributed by atoms with Crippen LogP contribution in [0.15, 0.2) is 0 Å². The van der Waals surface area contributed by atoms with Gasteiger partial charge >= 0.3 is 5.97 Å². The molecule has 2 nitrogen and oxygen atoms in total. The molecule has 0 saturated heterocycles. The fraction of sp³-hybridized carbons (Fsp3) is 0.941. The summed E-state index contributed by atoms with van der Waals surface area (Å²) in [7, 11) is 0. The number of ether oxygens (including phenoxy) is 1. The van der Waals surface area contributed by atoms with Crippen LogP contribution in [0.4, 0.5) is 0 Å². The lowest BCUT2D eigenvalue weighted by atomic mass is 9.75. The van der Waals surface area contributed by atoms with E-state index in [0.29, 0.717) is 5.92 Å². The summed E-state index contributed by atoms with van der Waals surface area (Å²) < 4.78 is 5.96. The Morgan fingerprint density at radius 3 is 2.26 bits per heavy atom. The molecule has 0 spiro atoms. The van der Waals surface area contributed by atoms with E-state index in [1.165, 1.54) is 44.9 Å². The first-order valence-electron chi connectivity index (χ1n) is 8.25. The molecule has 2 rings (SSSR count). The average Bonchev–Trinajstić information content (AvgIpc) is 2.61. The van der Waals surface area contributed by atoms with Gasteiger partial charge in [-0.05, 0) is 51.4 Å². The normalized spacial score (nSPS) is 32.3. The van der Waals surface area contributed by atoms with Crippen molar-refractivity contribution in [3.05, 3.63) is 0 Å². The van der Waals surface area contributed by atoms with Crippen LogP contribution in [0.25, 0.3) is 0 Å². The van der Waals surface area contributed by atoms with Gasteiger partial charge in [0, 0.05) is 0 Å². The minimum Gasteiger partial charge on any atom is -0.462 e. The molecule has 0 aromatic carbocycles. The van der Waals surface area contributed by atoms with Crippen molar-refractivity contribution in [3.8, 4) is 0 Å². The first-order chi connectivity index (χ1) is 9.04. The minimum atomic E-state index is -0.323. The third-order valence-electron chi connectivity index (χ3n) is 5.45. The number of hydrogen-bond acceptors (Lipinski definition) is 2. The van der Waals surface area contributed by atoms with Gasteiger partial charge in [0.1, 0.15) is 6.10 Å². The number of hydrogen-bond donors (Lipinski definition) is 0. The quantitative estimate of drug-likeness (QED) is 0.691. The summed E-state index contributed by atoms with van der Waals surface area (Å²) in [6, 6.07) is 0. The molecule has 0 amide bonds. The lowest BCUT2D eigenvalue weighted by Crippen LogP contribution is -2.37. The molecule has 0 N–H and O–H groups in total. The van der Waals surface area contributed by atoms with E-state index >= 15 is 0 Å². The van der Waals surface area contributed by atoms with E-state index in [1.54, 1.807) is 0 Å². The number of carbonyl (C=O) groups excluding carboxylic acids is 1. The smallest absolute Gasteiger partial charge is 0.311 e. The van der Waals surface area contributed by atoms with Crippen LogP contribution in [-0.4, -0.2) is 12.1 Å². The SMILES string of the molecule is CCC(C)(C)C(=O)OC1CCCCC2CCCCC21. The van der Waals surface area contributed by atoms with Crippen LogP contribution in [0.5, 0.6) is 0 Å². The van der Waals surface area contributed by atoms with Crippen molar-refractivity contribution >= 4 is 5.97 Å². The molecule has 2 fully saturated rings. The van der Waals surface area contributed by atoms with Crippen LogP contribution in [0, 0.1) is 17.3 Å². The van der Waals surface area contributed by atoms with E-state index in [2.05, 4.69) is 6.92 Å². The number of rotatable bonds is 3. The second-order valence-corrected chi connectivity index (χ2v) is 7.17. The van der Waals surface area contributed by atoms with Crippen molar-refractivity contribution in [1.82, 2.24) is 0 Å². The fourth-order valence-electron chi connectivity index (χ4n) is 3.64. The Morgan fingerprint density at radius 2 is 1.63 bits per heavy atom. The Morgan fingerprint density at radius 1 is 1.05 bits per heavy atom. The molecule has 0 aromatic rings. The summed E-state index contributed by atoms with van der Waals surface area (Å²) in [5, 5.41) is 0. The van der Waals surface area contributed by atoms with Crippen molar-refractivity contribution in [2.45, 2.75) is 84.7 Å². The van der Waals surface area contributed by atoms with Gasteiger partial charge in [-0.2, -0.15) is 0 Å². The summed E-state index contributed by atoms with van der Waals surface area (Å²) in [6.07, 6.45) is 11.4. The maximum absolute atomic E-state index is 12.3. The van der Waals surface area contributed by atoms with E-state index in [4.69, 9.17) is 4.74 Å². The topological polar surface area (TPSA) is 26.3 Å². The maximum atomic E-state index is 12.3. The van der Waals surface area contributed by atoms with E-state index in [1.807, 2.05) is 13.8 Å². The van der Waals surface area contributed by atoms with Crippen LogP contribution >= 0.6 is 0 Å². The van der Waals surface area contributed by atoms with Gasteiger partial charge in [-0.3, -0.25) is 4.79 Å². The molecule has 0 aromatic heterocycles. The van der Waals surface area contributed by atoms with Crippen LogP contribution in [0.3, 0.4) is 0 Å². The van der Waals surface area contributed by atoms with Gasteiger partial charge in [0.2, 0.25) is 0 Å². The Kier molecular flexibility index (Phi) is 4.92. The van der Waals surface area contributed by atoms with Gasteiger partial charge in [-0.15, -0.1) is 0 Å². The summed E-state index contributed by atoms with van der Waals surface area (Å²) in [5.74, 6) is 1.48. The first-order valence-corrected chi connectivity index (χ1v) is 8.25. The standard InChI is InChI=1S/C17H30O2/c1-4-17(2,3)16(18)19-15-12-8-6-10-13-9-5-7-11-14(13)15/h13-15H,4-12H2,1-3H3. The van der Waals surface area contributed by atoms with Crippen LogP contribution in [0.1, 0.15) is 78.6 Å².